The van der Waals surface area contributed by atoms with Crippen molar-refractivity contribution in [2.24, 2.45) is 0 Å². The van der Waals surface area contributed by atoms with Crippen molar-refractivity contribution in [1.82, 2.24) is 10.2 Å². The average Bonchev–Trinajstić information content (AvgIpc) is 2.73. The van der Waals surface area contributed by atoms with Crippen molar-refractivity contribution in [2.45, 2.75) is 46.6 Å². The van der Waals surface area contributed by atoms with Crippen molar-refractivity contribution in [1.29, 1.82) is 0 Å². The fraction of sp³-hybridized carbons (Fsp3) is 0.440. The number of benzene rings is 2. The number of piperidine rings is 1. The molecule has 0 radical (unpaired) electrons. The Bertz CT molecular complexity index is 933. The summed E-state index contributed by atoms with van der Waals surface area (Å²) < 4.78 is 11.4. The van der Waals surface area contributed by atoms with Crippen LogP contribution in [0.2, 0.25) is 0 Å². The molecule has 0 spiro atoms. The van der Waals surface area contributed by atoms with Crippen LogP contribution in [0.25, 0.3) is 0 Å². The predicted octanol–water partition coefficient (Wildman–Crippen LogP) is 3.49. The van der Waals surface area contributed by atoms with Gasteiger partial charge in [0.25, 0.3) is 11.8 Å². The minimum absolute atomic E-state index is 0.00716. The second-order valence-electron chi connectivity index (χ2n) is 8.34. The molecule has 2 amide bonds. The lowest BCUT2D eigenvalue weighted by Crippen LogP contribution is -2.48. The van der Waals surface area contributed by atoms with E-state index in [0.717, 1.165) is 41.0 Å². The summed E-state index contributed by atoms with van der Waals surface area (Å²) in [7, 11) is 0. The second kappa shape index (κ2) is 10.3. The number of ether oxygens (including phenoxy) is 2. The Labute approximate surface area is 184 Å². The number of hydrogen-bond acceptors (Lipinski definition) is 4. The van der Waals surface area contributed by atoms with E-state index in [1.807, 2.05) is 64.1 Å². The first-order valence-electron chi connectivity index (χ1n) is 10.8. The second-order valence-corrected chi connectivity index (χ2v) is 8.34. The molecule has 2 aromatic rings. The summed E-state index contributed by atoms with van der Waals surface area (Å²) in [5, 5.41) is 3.02. The minimum Gasteiger partial charge on any atom is -0.484 e. The van der Waals surface area contributed by atoms with Crippen LogP contribution in [0.3, 0.4) is 0 Å². The fourth-order valence-corrected chi connectivity index (χ4v) is 3.84. The molecule has 0 unspecified atom stereocenters. The highest BCUT2D eigenvalue weighted by atomic mass is 16.5. The summed E-state index contributed by atoms with van der Waals surface area (Å²) in [4.78, 5) is 26.5. The zero-order valence-electron chi connectivity index (χ0n) is 18.9. The monoisotopic (exact) mass is 424 g/mol. The third-order valence-electron chi connectivity index (χ3n) is 5.58. The van der Waals surface area contributed by atoms with E-state index in [-0.39, 0.29) is 31.1 Å². The summed E-state index contributed by atoms with van der Waals surface area (Å²) in [5.74, 6) is 1.31. The topological polar surface area (TPSA) is 67.9 Å². The van der Waals surface area contributed by atoms with Crippen molar-refractivity contribution in [3.8, 4) is 11.5 Å². The molecule has 0 saturated carbocycles. The third kappa shape index (κ3) is 6.48. The van der Waals surface area contributed by atoms with Crippen LogP contribution in [0.4, 0.5) is 0 Å². The summed E-state index contributed by atoms with van der Waals surface area (Å²) in [6.45, 7) is 9.24. The van der Waals surface area contributed by atoms with Gasteiger partial charge in [0.05, 0.1) is 0 Å². The van der Waals surface area contributed by atoms with Crippen LogP contribution < -0.4 is 14.8 Å². The molecule has 1 fully saturated rings. The molecule has 1 N–H and O–H groups in total. The number of nitrogens with one attached hydrogen (secondary N) is 1. The number of aryl methyl sites for hydroxylation is 4. The SMILES string of the molecule is Cc1ccc(OCC(=O)NC2CCN(C(=O)COc3ccc(C)cc3C)CC2)c(C)c1. The lowest BCUT2D eigenvalue weighted by atomic mass is 10.1. The molecule has 6 nitrogen and oxygen atoms in total. The first kappa shape index (κ1) is 22.7. The fourth-order valence-electron chi connectivity index (χ4n) is 3.84. The van der Waals surface area contributed by atoms with Gasteiger partial charge in [-0.15, -0.1) is 0 Å². The molecule has 31 heavy (non-hydrogen) atoms. The zero-order chi connectivity index (χ0) is 22.4. The van der Waals surface area contributed by atoms with E-state index in [2.05, 4.69) is 5.32 Å². The van der Waals surface area contributed by atoms with Crippen molar-refractivity contribution < 1.29 is 19.1 Å². The maximum absolute atomic E-state index is 12.5. The molecule has 0 aliphatic carbocycles. The first-order valence-corrected chi connectivity index (χ1v) is 10.8. The van der Waals surface area contributed by atoms with Crippen LogP contribution in [0.1, 0.15) is 35.1 Å². The Morgan fingerprint density at radius 1 is 0.871 bits per heavy atom. The van der Waals surface area contributed by atoms with Crippen LogP contribution in [0.15, 0.2) is 36.4 Å². The maximum Gasteiger partial charge on any atom is 0.260 e. The molecular weight excluding hydrogens is 392 g/mol. The Kier molecular flexibility index (Phi) is 7.55. The van der Waals surface area contributed by atoms with Crippen molar-refractivity contribution in [2.75, 3.05) is 26.3 Å². The van der Waals surface area contributed by atoms with E-state index in [1.54, 1.807) is 4.90 Å². The highest BCUT2D eigenvalue weighted by molar-refractivity contribution is 5.79. The lowest BCUT2D eigenvalue weighted by Gasteiger charge is -2.32. The predicted molar refractivity (Wildman–Crippen MR) is 121 cm³/mol. The van der Waals surface area contributed by atoms with Crippen LogP contribution in [-0.2, 0) is 9.59 Å². The number of amides is 2. The van der Waals surface area contributed by atoms with Gasteiger partial charge in [-0.3, -0.25) is 9.59 Å². The molecule has 166 valence electrons. The van der Waals surface area contributed by atoms with E-state index in [1.165, 1.54) is 5.56 Å². The first-order chi connectivity index (χ1) is 14.8. The Morgan fingerprint density at radius 3 is 1.90 bits per heavy atom. The van der Waals surface area contributed by atoms with E-state index >= 15 is 0 Å². The van der Waals surface area contributed by atoms with Gasteiger partial charge in [0.1, 0.15) is 11.5 Å². The smallest absolute Gasteiger partial charge is 0.260 e. The molecule has 1 aliphatic heterocycles. The van der Waals surface area contributed by atoms with Gasteiger partial charge in [0, 0.05) is 19.1 Å². The lowest BCUT2D eigenvalue weighted by molar-refractivity contribution is -0.134. The van der Waals surface area contributed by atoms with E-state index in [4.69, 9.17) is 9.47 Å². The molecule has 0 bridgehead atoms. The van der Waals surface area contributed by atoms with Crippen molar-refractivity contribution in [3.05, 3.63) is 58.7 Å². The number of hydrogen-bond donors (Lipinski definition) is 1. The highest BCUT2D eigenvalue weighted by Crippen LogP contribution is 2.20. The summed E-state index contributed by atoms with van der Waals surface area (Å²) in [6, 6.07) is 11.9. The van der Waals surface area contributed by atoms with Gasteiger partial charge in [-0.05, 0) is 63.8 Å². The Balaban J connectivity index is 1.38. The molecular formula is C25H32N2O4. The molecule has 1 heterocycles. The van der Waals surface area contributed by atoms with Gasteiger partial charge < -0.3 is 19.7 Å². The van der Waals surface area contributed by atoms with Crippen LogP contribution in [0.5, 0.6) is 11.5 Å². The van der Waals surface area contributed by atoms with E-state index < -0.39 is 0 Å². The van der Waals surface area contributed by atoms with Gasteiger partial charge in [0.15, 0.2) is 13.2 Å². The summed E-state index contributed by atoms with van der Waals surface area (Å²) >= 11 is 0. The van der Waals surface area contributed by atoms with Crippen LogP contribution in [-0.4, -0.2) is 49.1 Å². The summed E-state index contributed by atoms with van der Waals surface area (Å²) in [6.07, 6.45) is 1.45. The van der Waals surface area contributed by atoms with Crippen molar-refractivity contribution >= 4 is 11.8 Å². The normalized spacial score (nSPS) is 14.3. The molecule has 0 aromatic heterocycles. The van der Waals surface area contributed by atoms with Gasteiger partial charge in [-0.25, -0.2) is 0 Å². The molecule has 2 aromatic carbocycles. The molecule has 0 atom stereocenters. The highest BCUT2D eigenvalue weighted by Gasteiger charge is 2.24. The van der Waals surface area contributed by atoms with Crippen molar-refractivity contribution in [3.63, 3.8) is 0 Å². The standard InChI is InChI=1S/C25H32N2O4/c1-17-5-7-22(19(3)13-17)30-15-24(28)26-21-9-11-27(12-10-21)25(29)16-31-23-8-6-18(2)14-20(23)4/h5-8,13-14,21H,9-12,15-16H2,1-4H3,(H,26,28). The van der Waals surface area contributed by atoms with Gasteiger partial charge in [-0.1, -0.05) is 35.4 Å². The maximum atomic E-state index is 12.5. The van der Waals surface area contributed by atoms with Crippen LogP contribution >= 0.6 is 0 Å². The number of likely N-dealkylation sites (tertiary alicyclic amines) is 1. The largest absolute Gasteiger partial charge is 0.484 e. The zero-order valence-corrected chi connectivity index (χ0v) is 18.9. The Hall–Kier alpha value is -3.02. The minimum atomic E-state index is -0.136. The van der Waals surface area contributed by atoms with E-state index in [9.17, 15) is 9.59 Å². The van der Waals surface area contributed by atoms with Gasteiger partial charge >= 0.3 is 0 Å². The van der Waals surface area contributed by atoms with Gasteiger partial charge in [0.2, 0.25) is 0 Å². The number of rotatable bonds is 7. The number of carbonyl (C=O) groups excluding carboxylic acids is 2. The molecule has 1 aliphatic rings. The van der Waals surface area contributed by atoms with Crippen LogP contribution in [0, 0.1) is 27.7 Å². The molecule has 3 rings (SSSR count). The quantitative estimate of drug-likeness (QED) is 0.739. The number of nitrogens with zero attached hydrogens (tertiary/aromatic N) is 1. The molecule has 1 saturated heterocycles. The summed E-state index contributed by atoms with van der Waals surface area (Å²) in [5.41, 5.74) is 4.37. The van der Waals surface area contributed by atoms with Gasteiger partial charge in [-0.2, -0.15) is 0 Å². The average molecular weight is 425 g/mol. The third-order valence-corrected chi connectivity index (χ3v) is 5.58. The van der Waals surface area contributed by atoms with E-state index in [0.29, 0.717) is 13.1 Å². The number of carbonyl (C=O) groups is 2. The Morgan fingerprint density at radius 2 is 1.39 bits per heavy atom. The molecule has 6 heteroatoms.